The minimum Gasteiger partial charge on any atom is -0.497 e. The summed E-state index contributed by atoms with van der Waals surface area (Å²) in [5.41, 5.74) is 2.11. The third kappa shape index (κ3) is 7.07. The lowest BCUT2D eigenvalue weighted by molar-refractivity contribution is -0.132. The maximum Gasteiger partial charge on any atom is 0.273 e. The van der Waals surface area contributed by atoms with Gasteiger partial charge in [-0.25, -0.2) is 4.98 Å². The Hall–Kier alpha value is -3.72. The Kier molecular flexibility index (Phi) is 9.93. The topological polar surface area (TPSA) is 89.0 Å². The quantitative estimate of drug-likeness (QED) is 0.297. The van der Waals surface area contributed by atoms with Crippen LogP contribution in [0.1, 0.15) is 69.9 Å². The lowest BCUT2D eigenvalue weighted by atomic mass is 9.97. The molecule has 0 saturated carbocycles. The highest BCUT2D eigenvalue weighted by Gasteiger charge is 2.28. The molecule has 212 valence electrons. The van der Waals surface area contributed by atoms with E-state index in [0.717, 1.165) is 29.2 Å². The first-order valence-corrected chi connectivity index (χ1v) is 14.5. The molecule has 1 fully saturated rings. The van der Waals surface area contributed by atoms with Gasteiger partial charge in [-0.2, -0.15) is 0 Å². The molecule has 40 heavy (non-hydrogen) atoms. The van der Waals surface area contributed by atoms with Crippen molar-refractivity contribution < 1.29 is 23.9 Å². The Morgan fingerprint density at radius 2 is 1.73 bits per heavy atom. The molecule has 1 aromatic heterocycles. The number of Topliss-reactive ketones (excluding diaryl/α,β-unsaturated/α-hetero) is 1. The lowest BCUT2D eigenvalue weighted by Gasteiger charge is -2.31. The number of ether oxygens (including phenoxy) is 2. The first-order chi connectivity index (χ1) is 19.3. The van der Waals surface area contributed by atoms with E-state index >= 15 is 0 Å². The fraction of sp³-hybridized carbons (Fsp3) is 0.419. The molecule has 0 radical (unpaired) electrons. The molecule has 4 rings (SSSR count). The molecule has 0 N–H and O–H groups in total. The maximum atomic E-state index is 13.2. The van der Waals surface area contributed by atoms with Crippen molar-refractivity contribution in [3.63, 3.8) is 0 Å². The van der Waals surface area contributed by atoms with Crippen LogP contribution in [0.5, 0.6) is 11.5 Å². The van der Waals surface area contributed by atoms with Crippen molar-refractivity contribution in [1.29, 1.82) is 0 Å². The first-order valence-electron chi connectivity index (χ1n) is 13.6. The second-order valence-corrected chi connectivity index (χ2v) is 11.0. The fourth-order valence-electron chi connectivity index (χ4n) is 4.96. The summed E-state index contributed by atoms with van der Waals surface area (Å²) in [7, 11) is 5.04. The van der Waals surface area contributed by atoms with Crippen LogP contribution in [0.2, 0.25) is 0 Å². The van der Waals surface area contributed by atoms with Crippen molar-refractivity contribution in [2.24, 2.45) is 0 Å². The predicted molar refractivity (Wildman–Crippen MR) is 155 cm³/mol. The number of likely N-dealkylation sites (tertiary alicyclic amines) is 1. The molecule has 0 bridgehead atoms. The van der Waals surface area contributed by atoms with Gasteiger partial charge in [0, 0.05) is 55.9 Å². The molecule has 0 spiro atoms. The molecule has 0 aliphatic carbocycles. The van der Waals surface area contributed by atoms with Gasteiger partial charge >= 0.3 is 0 Å². The number of piperidine rings is 1. The molecule has 1 aliphatic heterocycles. The molecule has 2 amide bonds. The minimum absolute atomic E-state index is 0.000904. The summed E-state index contributed by atoms with van der Waals surface area (Å²) < 4.78 is 10.6. The van der Waals surface area contributed by atoms with Gasteiger partial charge in [0.2, 0.25) is 5.91 Å². The second kappa shape index (κ2) is 13.6. The average molecular weight is 564 g/mol. The highest BCUT2D eigenvalue weighted by atomic mass is 32.1. The summed E-state index contributed by atoms with van der Waals surface area (Å²) in [5, 5.41) is 2.78. The van der Waals surface area contributed by atoms with E-state index < -0.39 is 0 Å². The van der Waals surface area contributed by atoms with Gasteiger partial charge in [-0.05, 0) is 62.1 Å². The fourth-order valence-corrected chi connectivity index (χ4v) is 5.92. The number of benzene rings is 2. The molecule has 9 heteroatoms. The van der Waals surface area contributed by atoms with E-state index in [2.05, 4.69) is 0 Å². The van der Waals surface area contributed by atoms with Crippen LogP contribution in [0.3, 0.4) is 0 Å². The van der Waals surface area contributed by atoms with E-state index in [9.17, 15) is 14.4 Å². The Morgan fingerprint density at radius 1 is 1.02 bits per heavy atom. The number of hydrogen-bond donors (Lipinski definition) is 0. The normalized spacial score (nSPS) is 14.4. The predicted octanol–water partition coefficient (Wildman–Crippen LogP) is 5.23. The van der Waals surface area contributed by atoms with Gasteiger partial charge in [0.25, 0.3) is 5.91 Å². The second-order valence-electron chi connectivity index (χ2n) is 10.2. The van der Waals surface area contributed by atoms with E-state index in [1.807, 2.05) is 48.5 Å². The van der Waals surface area contributed by atoms with Gasteiger partial charge in [-0.3, -0.25) is 14.4 Å². The Morgan fingerprint density at radius 3 is 2.40 bits per heavy atom. The number of amides is 2. The molecule has 8 nitrogen and oxygen atoms in total. The molecule has 1 unspecified atom stereocenters. The minimum atomic E-state index is -0.0981. The van der Waals surface area contributed by atoms with Gasteiger partial charge in [0.05, 0.1) is 19.2 Å². The Balaban J connectivity index is 1.25. The number of nitrogens with zero attached hydrogens (tertiary/aromatic N) is 3. The van der Waals surface area contributed by atoms with Crippen LogP contribution in [-0.2, 0) is 11.2 Å². The molecule has 1 atom stereocenters. The lowest BCUT2D eigenvalue weighted by Crippen LogP contribution is -2.38. The van der Waals surface area contributed by atoms with Crippen LogP contribution in [0.15, 0.2) is 53.9 Å². The monoisotopic (exact) mass is 563 g/mol. The number of methoxy groups -OCH3 is 2. The number of hydrogen-bond acceptors (Lipinski definition) is 7. The van der Waals surface area contributed by atoms with Crippen molar-refractivity contribution in [1.82, 2.24) is 14.8 Å². The Bertz CT molecular complexity index is 1310. The summed E-state index contributed by atoms with van der Waals surface area (Å²) >= 11 is 1.51. The van der Waals surface area contributed by atoms with Crippen LogP contribution in [0.25, 0.3) is 0 Å². The van der Waals surface area contributed by atoms with Crippen LogP contribution in [-0.4, -0.2) is 72.8 Å². The number of thiazole rings is 1. The third-order valence-electron chi connectivity index (χ3n) is 7.61. The van der Waals surface area contributed by atoms with E-state index in [0.29, 0.717) is 36.5 Å². The average Bonchev–Trinajstić information content (AvgIpc) is 3.49. The Labute approximate surface area is 239 Å². The highest BCUT2D eigenvalue weighted by Crippen LogP contribution is 2.31. The molecule has 2 aromatic carbocycles. The number of carbonyl (C=O) groups is 3. The number of carbonyl (C=O) groups excluding carboxylic acids is 3. The van der Waals surface area contributed by atoms with E-state index in [-0.39, 0.29) is 42.4 Å². The zero-order chi connectivity index (χ0) is 28.6. The van der Waals surface area contributed by atoms with Crippen LogP contribution in [0, 0.1) is 0 Å². The number of para-hydroxylation sites is 1. The van der Waals surface area contributed by atoms with Crippen LogP contribution < -0.4 is 9.47 Å². The maximum absolute atomic E-state index is 13.2. The van der Waals surface area contributed by atoms with Crippen molar-refractivity contribution >= 4 is 28.9 Å². The molecule has 3 aromatic rings. The highest BCUT2D eigenvalue weighted by molar-refractivity contribution is 7.09. The largest absolute Gasteiger partial charge is 0.497 e. The summed E-state index contributed by atoms with van der Waals surface area (Å²) in [6.07, 6.45) is 2.65. The third-order valence-corrected chi connectivity index (χ3v) is 8.61. The van der Waals surface area contributed by atoms with Crippen molar-refractivity contribution in [3.05, 3.63) is 75.7 Å². The van der Waals surface area contributed by atoms with Gasteiger partial charge in [-0.15, -0.1) is 11.3 Å². The van der Waals surface area contributed by atoms with E-state index in [1.165, 1.54) is 11.3 Å². The van der Waals surface area contributed by atoms with Crippen molar-refractivity contribution in [2.75, 3.05) is 34.4 Å². The van der Waals surface area contributed by atoms with E-state index in [1.54, 1.807) is 43.4 Å². The molecular weight excluding hydrogens is 526 g/mol. The van der Waals surface area contributed by atoms with Gasteiger partial charge < -0.3 is 19.3 Å². The number of rotatable bonds is 11. The summed E-state index contributed by atoms with van der Waals surface area (Å²) in [6, 6.07) is 14.8. The van der Waals surface area contributed by atoms with Crippen molar-refractivity contribution in [2.45, 2.75) is 51.0 Å². The zero-order valence-corrected chi connectivity index (χ0v) is 24.4. The van der Waals surface area contributed by atoms with Crippen molar-refractivity contribution in [3.8, 4) is 11.5 Å². The SMILES string of the molecule is COc1ccc(C(=O)CCC(=O)N2CCC(c3nc(C(=O)N(C)C(C)Cc4ccccc4OC)cs3)CC2)cc1. The van der Waals surface area contributed by atoms with Gasteiger partial charge in [0.15, 0.2) is 5.78 Å². The first kappa shape index (κ1) is 29.3. The van der Waals surface area contributed by atoms with Crippen LogP contribution >= 0.6 is 11.3 Å². The molecular formula is C31H37N3O5S. The smallest absolute Gasteiger partial charge is 0.273 e. The molecule has 1 aliphatic rings. The molecule has 1 saturated heterocycles. The standard InChI is InChI=1S/C31H37N3O5S/c1-21(19-24-7-5-6-8-28(24)39-4)33(2)31(37)26-20-40-30(32-26)23-15-17-34(18-16-23)29(36)14-13-27(35)22-9-11-25(38-3)12-10-22/h5-12,20-21,23H,13-19H2,1-4H3. The zero-order valence-electron chi connectivity index (χ0n) is 23.6. The molecule has 2 heterocycles. The van der Waals surface area contributed by atoms with Gasteiger partial charge in [0.1, 0.15) is 17.2 Å². The summed E-state index contributed by atoms with van der Waals surface area (Å²) in [4.78, 5) is 46.7. The number of aromatic nitrogens is 1. The summed E-state index contributed by atoms with van der Waals surface area (Å²) in [6.45, 7) is 3.27. The number of ketones is 1. The van der Waals surface area contributed by atoms with Crippen LogP contribution in [0.4, 0.5) is 0 Å². The number of likely N-dealkylation sites (N-methyl/N-ethyl adjacent to an activating group) is 1. The summed E-state index contributed by atoms with van der Waals surface area (Å²) in [5.74, 6) is 1.58. The van der Waals surface area contributed by atoms with Gasteiger partial charge in [-0.1, -0.05) is 18.2 Å². The van der Waals surface area contributed by atoms with E-state index in [4.69, 9.17) is 14.5 Å².